The first kappa shape index (κ1) is 24.9. The van der Waals surface area contributed by atoms with E-state index < -0.39 is 85.9 Å². The number of hydrogen-bond acceptors (Lipinski definition) is 10. The zero-order valence-corrected chi connectivity index (χ0v) is 17.2. The molecule has 0 radical (unpaired) electrons. The van der Waals surface area contributed by atoms with Crippen molar-refractivity contribution in [2.75, 3.05) is 20.3 Å². The molecule has 0 aromatic carbocycles. The number of nitrogens with zero attached hydrogens (tertiary/aromatic N) is 1. The molecule has 10 atom stereocenters. The molecule has 2 amide bonds. The third-order valence-corrected chi connectivity index (χ3v) is 5.86. The van der Waals surface area contributed by atoms with E-state index in [0.717, 1.165) is 4.90 Å². The molecular weight excluding hydrogens is 404 g/mol. The third-order valence-electron chi connectivity index (χ3n) is 5.86. The summed E-state index contributed by atoms with van der Waals surface area (Å²) in [6.45, 7) is 1.39. The number of carbonyl (C=O) groups is 2. The van der Waals surface area contributed by atoms with E-state index in [1.165, 1.54) is 20.9 Å². The Morgan fingerprint density at radius 1 is 1.07 bits per heavy atom. The quantitative estimate of drug-likeness (QED) is 0.215. The average Bonchev–Trinajstić information content (AvgIpc) is 2.68. The second-order valence-electron chi connectivity index (χ2n) is 7.88. The van der Waals surface area contributed by atoms with Crippen LogP contribution in [0.1, 0.15) is 20.3 Å². The Labute approximate surface area is 174 Å². The minimum atomic E-state index is -1.58. The van der Waals surface area contributed by atoms with E-state index in [9.17, 15) is 40.2 Å². The van der Waals surface area contributed by atoms with E-state index in [2.05, 4.69) is 5.32 Å². The Bertz CT molecular complexity index is 608. The lowest BCUT2D eigenvalue weighted by Gasteiger charge is -2.49. The topological polar surface area (TPSA) is 189 Å². The number of amides is 2. The lowest BCUT2D eigenvalue weighted by Crippen LogP contribution is -2.67. The van der Waals surface area contributed by atoms with Crippen molar-refractivity contribution in [2.45, 2.75) is 75.3 Å². The molecule has 2 rings (SSSR count). The number of ether oxygens (including phenoxy) is 2. The molecule has 0 unspecified atom stereocenters. The van der Waals surface area contributed by atoms with Crippen molar-refractivity contribution >= 4 is 11.8 Å². The van der Waals surface area contributed by atoms with Gasteiger partial charge in [-0.3, -0.25) is 9.59 Å². The second kappa shape index (κ2) is 10.3. The van der Waals surface area contributed by atoms with Crippen LogP contribution in [0.4, 0.5) is 0 Å². The van der Waals surface area contributed by atoms with Crippen molar-refractivity contribution in [3.8, 4) is 0 Å². The Morgan fingerprint density at radius 3 is 2.20 bits per heavy atom. The maximum Gasteiger partial charge on any atom is 0.219 e. The van der Waals surface area contributed by atoms with Gasteiger partial charge >= 0.3 is 0 Å². The SMILES string of the molecule is CC(=O)N[C@@H]1[C@@H](O)[C@H](O)[C@@H](CO)C[C@H]1O[C@H]1[C@H](O)[C@@H](N(C)C(C)=O)[C@H](O)O[C@@H]1CO. The molecule has 174 valence electrons. The van der Waals surface area contributed by atoms with Crippen LogP contribution >= 0.6 is 0 Å². The highest BCUT2D eigenvalue weighted by Gasteiger charge is 2.51. The molecule has 0 spiro atoms. The van der Waals surface area contributed by atoms with Gasteiger partial charge in [-0.15, -0.1) is 0 Å². The number of hydrogen-bond donors (Lipinski definition) is 7. The Kier molecular flexibility index (Phi) is 8.53. The number of carbonyl (C=O) groups excluding carboxylic acids is 2. The minimum Gasteiger partial charge on any atom is -0.396 e. The van der Waals surface area contributed by atoms with Gasteiger partial charge in [0, 0.05) is 33.4 Å². The van der Waals surface area contributed by atoms with E-state index in [1.807, 2.05) is 0 Å². The van der Waals surface area contributed by atoms with Crippen molar-refractivity contribution in [1.29, 1.82) is 0 Å². The average molecular weight is 436 g/mol. The highest BCUT2D eigenvalue weighted by atomic mass is 16.6. The summed E-state index contributed by atoms with van der Waals surface area (Å²) < 4.78 is 11.3. The van der Waals surface area contributed by atoms with Gasteiger partial charge in [-0.2, -0.15) is 0 Å². The lowest BCUT2D eigenvalue weighted by atomic mass is 9.79. The van der Waals surface area contributed by atoms with Gasteiger partial charge in [0.25, 0.3) is 0 Å². The van der Waals surface area contributed by atoms with Crippen LogP contribution in [-0.4, -0.2) is 123 Å². The van der Waals surface area contributed by atoms with E-state index in [-0.39, 0.29) is 6.42 Å². The number of nitrogens with one attached hydrogen (secondary N) is 1. The molecule has 1 saturated carbocycles. The van der Waals surface area contributed by atoms with Crippen molar-refractivity contribution in [3.63, 3.8) is 0 Å². The minimum absolute atomic E-state index is 0.0246. The molecule has 0 aromatic rings. The summed E-state index contributed by atoms with van der Waals surface area (Å²) in [4.78, 5) is 24.4. The van der Waals surface area contributed by atoms with Crippen LogP contribution < -0.4 is 5.32 Å². The summed E-state index contributed by atoms with van der Waals surface area (Å²) in [6.07, 6.45) is -9.19. The first-order valence-electron chi connectivity index (χ1n) is 9.78. The van der Waals surface area contributed by atoms with E-state index in [0.29, 0.717) is 0 Å². The van der Waals surface area contributed by atoms with E-state index >= 15 is 0 Å². The van der Waals surface area contributed by atoms with Gasteiger partial charge in [0.15, 0.2) is 6.29 Å². The van der Waals surface area contributed by atoms with Crippen LogP contribution in [0.25, 0.3) is 0 Å². The zero-order valence-electron chi connectivity index (χ0n) is 17.2. The van der Waals surface area contributed by atoms with Crippen LogP contribution in [-0.2, 0) is 19.1 Å². The van der Waals surface area contributed by atoms with Gasteiger partial charge in [-0.05, 0) is 6.42 Å². The standard InChI is InChI=1S/C18H32N2O10/c1-7(23)19-12-10(4-9(5-21)14(25)15(12)26)29-17-11(6-22)30-18(28)13(16(17)27)20(3)8(2)24/h9-18,21-22,25-28H,4-6H2,1-3H3,(H,19,23)/t9-,10-,11-,12+,13-,14-,15-,16-,17-,18-/m1/s1. The van der Waals surface area contributed by atoms with Crippen LogP contribution in [0.3, 0.4) is 0 Å². The molecule has 1 aliphatic heterocycles. The zero-order chi connectivity index (χ0) is 22.7. The number of likely N-dealkylation sites (N-methyl/N-ethyl adjacent to an activating group) is 1. The lowest BCUT2D eigenvalue weighted by molar-refractivity contribution is -0.290. The first-order valence-corrected chi connectivity index (χ1v) is 9.78. The van der Waals surface area contributed by atoms with Crippen LogP contribution in [0.5, 0.6) is 0 Å². The molecule has 1 heterocycles. The molecular formula is C18H32N2O10. The van der Waals surface area contributed by atoms with E-state index in [4.69, 9.17) is 9.47 Å². The Hall–Kier alpha value is -1.38. The normalized spacial score (nSPS) is 41.9. The molecule has 0 aromatic heterocycles. The summed E-state index contributed by atoms with van der Waals surface area (Å²) in [7, 11) is 1.36. The highest BCUT2D eigenvalue weighted by Crippen LogP contribution is 2.32. The predicted octanol–water partition coefficient (Wildman–Crippen LogP) is -4.10. The summed E-state index contributed by atoms with van der Waals surface area (Å²) in [5, 5.41) is 63.4. The van der Waals surface area contributed by atoms with Crippen molar-refractivity contribution in [3.05, 3.63) is 0 Å². The smallest absolute Gasteiger partial charge is 0.219 e. The molecule has 2 aliphatic rings. The van der Waals surface area contributed by atoms with Gasteiger partial charge in [0.05, 0.1) is 24.9 Å². The fourth-order valence-electron chi connectivity index (χ4n) is 4.10. The van der Waals surface area contributed by atoms with Crippen LogP contribution in [0, 0.1) is 5.92 Å². The van der Waals surface area contributed by atoms with Crippen LogP contribution in [0.15, 0.2) is 0 Å². The molecule has 12 heteroatoms. The number of aliphatic hydroxyl groups is 6. The number of rotatable bonds is 6. The summed E-state index contributed by atoms with van der Waals surface area (Å²) in [5.74, 6) is -1.70. The van der Waals surface area contributed by atoms with Gasteiger partial charge in [-0.25, -0.2) is 0 Å². The molecule has 12 nitrogen and oxygen atoms in total. The van der Waals surface area contributed by atoms with Gasteiger partial charge in [0.2, 0.25) is 11.8 Å². The maximum atomic E-state index is 11.7. The highest BCUT2D eigenvalue weighted by molar-refractivity contribution is 5.73. The molecule has 1 aliphatic carbocycles. The van der Waals surface area contributed by atoms with Gasteiger partial charge < -0.3 is 50.3 Å². The largest absolute Gasteiger partial charge is 0.396 e. The molecule has 0 bridgehead atoms. The van der Waals surface area contributed by atoms with Crippen molar-refractivity contribution in [1.82, 2.24) is 10.2 Å². The fourth-order valence-corrected chi connectivity index (χ4v) is 4.10. The van der Waals surface area contributed by atoms with Gasteiger partial charge in [-0.1, -0.05) is 0 Å². The summed E-state index contributed by atoms with van der Waals surface area (Å²) in [6, 6.07) is -2.26. The third kappa shape index (κ3) is 5.08. The maximum absolute atomic E-state index is 11.7. The Balaban J connectivity index is 2.31. The van der Waals surface area contributed by atoms with E-state index in [1.54, 1.807) is 0 Å². The van der Waals surface area contributed by atoms with Gasteiger partial charge in [0.1, 0.15) is 30.5 Å². The predicted molar refractivity (Wildman–Crippen MR) is 99.7 cm³/mol. The van der Waals surface area contributed by atoms with Crippen molar-refractivity contribution in [2.24, 2.45) is 5.92 Å². The summed E-state index contributed by atoms with van der Waals surface area (Å²) >= 11 is 0. The van der Waals surface area contributed by atoms with Crippen LogP contribution in [0.2, 0.25) is 0 Å². The first-order chi connectivity index (χ1) is 14.0. The second-order valence-corrected chi connectivity index (χ2v) is 7.88. The molecule has 1 saturated heterocycles. The number of aliphatic hydroxyl groups excluding tert-OH is 6. The molecule has 7 N–H and O–H groups in total. The monoisotopic (exact) mass is 436 g/mol. The Morgan fingerprint density at radius 2 is 1.70 bits per heavy atom. The fraction of sp³-hybridized carbons (Fsp3) is 0.889. The van der Waals surface area contributed by atoms with Crippen molar-refractivity contribution < 1.29 is 49.7 Å². The summed E-state index contributed by atoms with van der Waals surface area (Å²) in [5.41, 5.74) is 0. The molecule has 30 heavy (non-hydrogen) atoms. The molecule has 2 fully saturated rings.